The predicted molar refractivity (Wildman–Crippen MR) is 133 cm³/mol. The Kier molecular flexibility index (Phi) is 4.89. The van der Waals surface area contributed by atoms with Gasteiger partial charge in [-0.1, -0.05) is 78.1 Å². The second-order valence-electron chi connectivity index (χ2n) is 8.45. The zero-order chi connectivity index (χ0) is 23.2. The third-order valence-corrected chi connectivity index (χ3v) is 7.43. The second-order valence-corrected chi connectivity index (χ2v) is 9.46. The molecule has 1 aliphatic heterocycles. The molecule has 1 aromatic heterocycles. The minimum atomic E-state index is -0.973. The number of aromatic carboxylic acids is 1. The van der Waals surface area contributed by atoms with Crippen molar-refractivity contribution >= 4 is 29.1 Å². The Morgan fingerprint density at radius 3 is 2.47 bits per heavy atom. The molecule has 5 nitrogen and oxygen atoms in total. The average molecular weight is 465 g/mol. The van der Waals surface area contributed by atoms with E-state index in [4.69, 9.17) is 10.1 Å². The molecule has 166 valence electrons. The number of aromatic nitrogens is 1. The van der Waals surface area contributed by atoms with E-state index in [1.807, 2.05) is 34.9 Å². The molecule has 1 aliphatic carbocycles. The highest BCUT2D eigenvalue weighted by atomic mass is 32.1. The van der Waals surface area contributed by atoms with Gasteiger partial charge in [0.2, 0.25) is 0 Å². The number of carboxylic acids is 1. The summed E-state index contributed by atoms with van der Waals surface area (Å²) in [6.45, 7) is 0. The fourth-order valence-corrected chi connectivity index (χ4v) is 5.83. The van der Waals surface area contributed by atoms with E-state index in [1.165, 1.54) is 22.5 Å². The summed E-state index contributed by atoms with van der Waals surface area (Å²) in [6, 6.07) is 24.9. The molecule has 2 heterocycles. The van der Waals surface area contributed by atoms with E-state index >= 15 is 0 Å². The van der Waals surface area contributed by atoms with Gasteiger partial charge in [0.1, 0.15) is 0 Å². The Balaban J connectivity index is 1.58. The first-order valence-electron chi connectivity index (χ1n) is 11.1. The van der Waals surface area contributed by atoms with Gasteiger partial charge in [-0.05, 0) is 53.3 Å². The van der Waals surface area contributed by atoms with Crippen LogP contribution in [0.25, 0.3) is 11.8 Å². The van der Waals surface area contributed by atoms with Gasteiger partial charge in [0.15, 0.2) is 4.80 Å². The molecule has 0 radical (unpaired) electrons. The van der Waals surface area contributed by atoms with Crippen molar-refractivity contribution in [2.24, 2.45) is 4.99 Å². The molecule has 0 fully saturated rings. The van der Waals surface area contributed by atoms with Crippen LogP contribution >= 0.6 is 11.3 Å². The first-order chi connectivity index (χ1) is 16.6. The molecule has 1 atom stereocenters. The van der Waals surface area contributed by atoms with Crippen LogP contribution in [0, 0.1) is 0 Å². The van der Waals surface area contributed by atoms with Gasteiger partial charge in [-0.3, -0.25) is 9.36 Å². The zero-order valence-corrected chi connectivity index (χ0v) is 19.0. The maximum absolute atomic E-state index is 13.7. The number of allylic oxidation sites excluding steroid dienone is 1. The van der Waals surface area contributed by atoms with E-state index < -0.39 is 5.97 Å². The Hall–Kier alpha value is -4.03. The normalized spacial score (nSPS) is 16.9. The molecule has 2 aliphatic rings. The van der Waals surface area contributed by atoms with Gasteiger partial charge in [0.05, 0.1) is 21.8 Å². The van der Waals surface area contributed by atoms with E-state index in [9.17, 15) is 9.59 Å². The van der Waals surface area contributed by atoms with Crippen molar-refractivity contribution in [1.29, 1.82) is 0 Å². The predicted octanol–water partition coefficient (Wildman–Crippen LogP) is 4.02. The average Bonchev–Trinajstić information content (AvgIpc) is 3.18. The summed E-state index contributed by atoms with van der Waals surface area (Å²) in [5.74, 6) is -0.973. The van der Waals surface area contributed by atoms with Crippen LogP contribution in [0.2, 0.25) is 0 Å². The standard InChI is InChI=1S/C28H20N2O3S/c31-26-23(16-17-10-12-20(13-11-17)27(32)33)34-28-29-24-21-9-5-4-6-18(21)14-15-22(24)25(30(26)28)19-7-2-1-3-8-19/h1-13,16,25H,14-15H2,(H,32,33). The van der Waals surface area contributed by atoms with Crippen molar-refractivity contribution in [3.63, 3.8) is 0 Å². The Morgan fingerprint density at radius 2 is 1.71 bits per heavy atom. The minimum Gasteiger partial charge on any atom is -0.478 e. The van der Waals surface area contributed by atoms with Gasteiger partial charge in [-0.25, -0.2) is 9.79 Å². The van der Waals surface area contributed by atoms with Crippen LogP contribution in [0.5, 0.6) is 0 Å². The number of carbonyl (C=O) groups is 1. The number of aryl methyl sites for hydroxylation is 1. The van der Waals surface area contributed by atoms with Crippen LogP contribution < -0.4 is 14.9 Å². The van der Waals surface area contributed by atoms with Crippen molar-refractivity contribution in [2.75, 3.05) is 0 Å². The van der Waals surface area contributed by atoms with E-state index in [0.29, 0.717) is 9.33 Å². The van der Waals surface area contributed by atoms with E-state index in [1.54, 1.807) is 24.3 Å². The number of thiazole rings is 1. The Bertz CT molecular complexity index is 1640. The summed E-state index contributed by atoms with van der Waals surface area (Å²) < 4.78 is 2.40. The van der Waals surface area contributed by atoms with Crippen LogP contribution in [-0.4, -0.2) is 15.6 Å². The first-order valence-corrected chi connectivity index (χ1v) is 11.9. The van der Waals surface area contributed by atoms with Gasteiger partial charge < -0.3 is 5.11 Å². The molecule has 0 bridgehead atoms. The SMILES string of the molecule is O=C(O)c1ccc(C=c2sc3n(c2=O)C(c2ccccc2)C2=C(N=3)c3ccccc3CC2)cc1. The summed E-state index contributed by atoms with van der Waals surface area (Å²) in [5.41, 5.74) is 6.58. The second kappa shape index (κ2) is 8.08. The summed E-state index contributed by atoms with van der Waals surface area (Å²) in [6.07, 6.45) is 3.60. The number of rotatable bonds is 3. The highest BCUT2D eigenvalue weighted by molar-refractivity contribution is 7.07. The summed E-state index contributed by atoms with van der Waals surface area (Å²) in [5, 5.41) is 9.15. The molecule has 4 aromatic rings. The lowest BCUT2D eigenvalue weighted by atomic mass is 9.83. The molecular formula is C28H20N2O3S. The number of benzene rings is 3. The summed E-state index contributed by atoms with van der Waals surface area (Å²) >= 11 is 1.37. The lowest BCUT2D eigenvalue weighted by Gasteiger charge is -2.30. The smallest absolute Gasteiger partial charge is 0.335 e. The van der Waals surface area contributed by atoms with Crippen LogP contribution in [0.3, 0.4) is 0 Å². The monoisotopic (exact) mass is 464 g/mol. The number of hydrogen-bond acceptors (Lipinski definition) is 4. The van der Waals surface area contributed by atoms with Gasteiger partial charge in [0.25, 0.3) is 5.56 Å². The highest BCUT2D eigenvalue weighted by Crippen LogP contribution is 2.41. The van der Waals surface area contributed by atoms with Crippen LogP contribution in [-0.2, 0) is 6.42 Å². The van der Waals surface area contributed by atoms with Crippen molar-refractivity contribution in [3.8, 4) is 0 Å². The van der Waals surface area contributed by atoms with Crippen LogP contribution in [0.15, 0.2) is 94.2 Å². The molecule has 1 N–H and O–H groups in total. The third-order valence-electron chi connectivity index (χ3n) is 6.44. The van der Waals surface area contributed by atoms with E-state index in [0.717, 1.165) is 35.2 Å². The number of fused-ring (bicyclic) bond motifs is 3. The maximum Gasteiger partial charge on any atom is 0.335 e. The minimum absolute atomic E-state index is 0.0784. The number of carboxylic acid groups (broad SMARTS) is 1. The molecule has 34 heavy (non-hydrogen) atoms. The Labute approximate surface area is 199 Å². The fourth-order valence-electron chi connectivity index (χ4n) is 4.83. The van der Waals surface area contributed by atoms with E-state index in [2.05, 4.69) is 30.3 Å². The lowest BCUT2D eigenvalue weighted by molar-refractivity contribution is 0.0697. The van der Waals surface area contributed by atoms with Crippen molar-refractivity contribution < 1.29 is 9.90 Å². The summed E-state index contributed by atoms with van der Waals surface area (Å²) in [4.78, 5) is 30.5. The van der Waals surface area contributed by atoms with Crippen molar-refractivity contribution in [3.05, 3.63) is 132 Å². The molecule has 3 aromatic carbocycles. The topological polar surface area (TPSA) is 71.7 Å². The molecule has 1 unspecified atom stereocenters. The molecule has 0 saturated heterocycles. The maximum atomic E-state index is 13.7. The third kappa shape index (κ3) is 3.35. The Morgan fingerprint density at radius 1 is 0.971 bits per heavy atom. The van der Waals surface area contributed by atoms with Crippen molar-refractivity contribution in [2.45, 2.75) is 18.9 Å². The highest BCUT2D eigenvalue weighted by Gasteiger charge is 2.32. The lowest BCUT2D eigenvalue weighted by Crippen LogP contribution is -2.38. The summed E-state index contributed by atoms with van der Waals surface area (Å²) in [7, 11) is 0. The van der Waals surface area contributed by atoms with Gasteiger partial charge >= 0.3 is 5.97 Å². The molecule has 6 heteroatoms. The first kappa shape index (κ1) is 20.6. The number of hydrogen-bond donors (Lipinski definition) is 1. The molecule has 0 saturated carbocycles. The van der Waals surface area contributed by atoms with E-state index in [-0.39, 0.29) is 17.2 Å². The number of nitrogens with zero attached hydrogens (tertiary/aromatic N) is 2. The zero-order valence-electron chi connectivity index (χ0n) is 18.1. The molecule has 0 spiro atoms. The van der Waals surface area contributed by atoms with Crippen molar-refractivity contribution in [1.82, 2.24) is 4.57 Å². The van der Waals surface area contributed by atoms with Gasteiger partial charge in [-0.2, -0.15) is 0 Å². The van der Waals surface area contributed by atoms with Crippen LogP contribution in [0.1, 0.15) is 45.1 Å². The fraction of sp³-hybridized carbons (Fsp3) is 0.107. The largest absolute Gasteiger partial charge is 0.478 e. The molecule has 0 amide bonds. The van der Waals surface area contributed by atoms with Gasteiger partial charge in [-0.15, -0.1) is 0 Å². The quantitative estimate of drug-likeness (QED) is 0.498. The molecular weight excluding hydrogens is 444 g/mol. The van der Waals surface area contributed by atoms with Crippen LogP contribution in [0.4, 0.5) is 0 Å². The molecule has 6 rings (SSSR count). The van der Waals surface area contributed by atoms with Gasteiger partial charge in [0, 0.05) is 5.56 Å².